The zero-order valence-corrected chi connectivity index (χ0v) is 44.5. The molecule has 4 N–H and O–H groups in total. The molecule has 6 aromatic rings. The third-order valence-corrected chi connectivity index (χ3v) is 15.0. The van der Waals surface area contributed by atoms with Gasteiger partial charge in [-0.2, -0.15) is 0 Å². The largest absolute Gasteiger partial charge is 0.508 e. The third kappa shape index (κ3) is 17.9. The quantitative estimate of drug-likeness (QED) is 0.0818. The minimum atomic E-state index is -1.36. The molecule has 0 radical (unpaired) electrons. The number of amides is 1. The van der Waals surface area contributed by atoms with Crippen LogP contribution in [-0.4, -0.2) is 89.2 Å². The van der Waals surface area contributed by atoms with Gasteiger partial charge in [-0.3, -0.25) is 13.8 Å². The first-order valence-electron chi connectivity index (χ1n) is 24.2. The number of aliphatic carboxylic acids is 1. The highest BCUT2D eigenvalue weighted by atomic mass is 32.2. The molecule has 11 heteroatoms. The number of fused-ring (bicyclic) bond motifs is 2. The van der Waals surface area contributed by atoms with Gasteiger partial charge in [0.05, 0.1) is 22.5 Å². The van der Waals surface area contributed by atoms with Gasteiger partial charge in [-0.15, -0.1) is 0 Å². The maximum Gasteiger partial charge on any atom is 0.310 e. The molecule has 1 heterocycles. The van der Waals surface area contributed by atoms with Crippen LogP contribution in [0.1, 0.15) is 92.9 Å². The molecule has 1 aliphatic rings. The van der Waals surface area contributed by atoms with E-state index >= 15 is 0 Å². The molecule has 374 valence electrons. The fourth-order valence-electron chi connectivity index (χ4n) is 8.36. The Hall–Kier alpha value is -5.72. The molecule has 7 rings (SSSR count). The number of hydrogen-bond donors (Lipinski definition) is 3. The molecule has 0 fully saturated rings. The van der Waals surface area contributed by atoms with Gasteiger partial charge >= 0.3 is 5.97 Å². The van der Waals surface area contributed by atoms with E-state index in [1.807, 2.05) is 109 Å². The fraction of sp³-hybridized carbons (Fsp3) is 0.356. The lowest BCUT2D eigenvalue weighted by molar-refractivity contribution is -0.138. The minimum Gasteiger partial charge on any atom is -0.508 e. The van der Waals surface area contributed by atoms with Crippen LogP contribution < -0.4 is 10.6 Å². The number of carboxylic acids is 1. The van der Waals surface area contributed by atoms with Crippen LogP contribution in [-0.2, 0) is 26.8 Å². The van der Waals surface area contributed by atoms with Gasteiger partial charge in [0.25, 0.3) is 0 Å². The summed E-state index contributed by atoms with van der Waals surface area (Å²) in [5.74, 6) is 0.256. The maximum atomic E-state index is 12.4. The predicted octanol–water partition coefficient (Wildman–Crippen LogP) is 12.4. The number of likely N-dealkylation sites (N-methyl/N-ethyl adjacent to an activating group) is 1. The fourth-order valence-corrected chi connectivity index (χ4v) is 10.8. The second-order valence-corrected chi connectivity index (χ2v) is 21.5. The Morgan fingerprint density at radius 3 is 1.61 bits per heavy atom. The van der Waals surface area contributed by atoms with Crippen molar-refractivity contribution in [2.45, 2.75) is 87.3 Å². The predicted molar refractivity (Wildman–Crippen MR) is 294 cm³/mol. The van der Waals surface area contributed by atoms with Gasteiger partial charge in [0.15, 0.2) is 0 Å². The number of hydrogen-bond acceptors (Lipinski definition) is 8. The van der Waals surface area contributed by atoms with Crippen LogP contribution in [0.3, 0.4) is 0 Å². The van der Waals surface area contributed by atoms with Crippen LogP contribution in [0, 0.1) is 11.8 Å². The van der Waals surface area contributed by atoms with Gasteiger partial charge in [-0.25, -0.2) is 0 Å². The number of carboxylic acid groups (broad SMARTS) is 1. The van der Waals surface area contributed by atoms with E-state index in [1.165, 1.54) is 32.3 Å². The Labute approximate surface area is 425 Å². The van der Waals surface area contributed by atoms with E-state index in [-0.39, 0.29) is 11.0 Å². The highest BCUT2D eigenvalue weighted by Gasteiger charge is 2.25. The molecular formula is C59H76N4O5S2. The second-order valence-electron chi connectivity index (χ2n) is 18.9. The number of carbonyl (C=O) groups excluding carboxylic acids is 1. The van der Waals surface area contributed by atoms with Crippen LogP contribution in [0.15, 0.2) is 168 Å². The van der Waals surface area contributed by atoms with Crippen molar-refractivity contribution in [3.05, 3.63) is 186 Å². The van der Waals surface area contributed by atoms with Gasteiger partial charge in [0, 0.05) is 39.7 Å². The summed E-state index contributed by atoms with van der Waals surface area (Å²) in [5.41, 5.74) is 13.0. The van der Waals surface area contributed by atoms with E-state index < -0.39 is 28.6 Å². The number of carbonyl (C=O) groups is 2. The third-order valence-electron chi connectivity index (χ3n) is 12.2. The van der Waals surface area contributed by atoms with Crippen LogP contribution in [0.5, 0.6) is 5.75 Å². The van der Waals surface area contributed by atoms with E-state index in [4.69, 9.17) is 10.8 Å². The molecular weight excluding hydrogens is 909 g/mol. The molecule has 0 aromatic heterocycles. The number of benzene rings is 6. The summed E-state index contributed by atoms with van der Waals surface area (Å²) in [4.78, 5) is 31.4. The minimum absolute atomic E-state index is 0.131. The van der Waals surface area contributed by atoms with Crippen molar-refractivity contribution in [1.82, 2.24) is 9.80 Å². The number of nitrogens with two attached hydrogens (primary N) is 1. The van der Waals surface area contributed by atoms with E-state index in [9.17, 15) is 18.9 Å². The first-order valence-corrected chi connectivity index (χ1v) is 26.4. The van der Waals surface area contributed by atoms with Crippen molar-refractivity contribution < 1.29 is 24.0 Å². The number of anilines is 2. The van der Waals surface area contributed by atoms with Crippen molar-refractivity contribution in [3.8, 4) is 5.75 Å². The first-order chi connectivity index (χ1) is 33.4. The van der Waals surface area contributed by atoms with E-state index in [0.29, 0.717) is 29.5 Å². The van der Waals surface area contributed by atoms with E-state index in [1.54, 1.807) is 13.0 Å². The Morgan fingerprint density at radius 2 is 1.17 bits per heavy atom. The van der Waals surface area contributed by atoms with Crippen molar-refractivity contribution in [2.75, 3.05) is 51.9 Å². The monoisotopic (exact) mass is 985 g/mol. The average Bonchev–Trinajstić information content (AvgIpc) is 3.32. The summed E-state index contributed by atoms with van der Waals surface area (Å²) >= 11 is 1.87. The molecule has 0 aliphatic carbocycles. The second kappa shape index (κ2) is 28.8. The number of phenolic OH excluding ortho intramolecular Hbond substituents is 1. The summed E-state index contributed by atoms with van der Waals surface area (Å²) in [6.45, 7) is 14.9. The Bertz CT molecular complexity index is 2440. The van der Waals surface area contributed by atoms with Crippen molar-refractivity contribution in [2.24, 2.45) is 17.6 Å². The molecule has 0 bridgehead atoms. The molecule has 5 atom stereocenters. The Balaban J connectivity index is 0.000000205. The summed E-state index contributed by atoms with van der Waals surface area (Å²) in [5, 5.41) is 18.0. The highest BCUT2D eigenvalue weighted by molar-refractivity contribution is 7.99. The van der Waals surface area contributed by atoms with Gasteiger partial charge in [-0.05, 0) is 137 Å². The number of aromatic hydroxyl groups is 1. The van der Waals surface area contributed by atoms with Crippen molar-refractivity contribution in [3.63, 3.8) is 0 Å². The normalized spacial score (nSPS) is 13.8. The van der Waals surface area contributed by atoms with Crippen LogP contribution >= 0.6 is 11.8 Å². The number of primary amides is 1. The average molecular weight is 985 g/mol. The van der Waals surface area contributed by atoms with E-state index in [2.05, 4.69) is 132 Å². The lowest BCUT2D eigenvalue weighted by Gasteiger charge is -2.36. The van der Waals surface area contributed by atoms with Gasteiger partial charge < -0.3 is 30.6 Å². The molecule has 70 heavy (non-hydrogen) atoms. The zero-order chi connectivity index (χ0) is 51.3. The molecule has 9 nitrogen and oxygen atoms in total. The summed E-state index contributed by atoms with van der Waals surface area (Å²) in [7, 11) is 7.12. The van der Waals surface area contributed by atoms with Crippen LogP contribution in [0.25, 0.3) is 0 Å². The first kappa shape index (κ1) is 56.9. The lowest BCUT2D eigenvalue weighted by Crippen LogP contribution is -2.37. The molecule has 3 unspecified atom stereocenters. The summed E-state index contributed by atoms with van der Waals surface area (Å²) in [6.07, 6.45) is 2.15. The number of rotatable bonds is 17. The zero-order valence-electron chi connectivity index (χ0n) is 42.9. The molecule has 0 saturated carbocycles. The van der Waals surface area contributed by atoms with Crippen LogP contribution in [0.4, 0.5) is 11.4 Å². The van der Waals surface area contributed by atoms with Crippen LogP contribution in [0.2, 0.25) is 0 Å². The number of phenols is 1. The number of nitrogens with zero attached hydrogens (tertiary/aromatic N) is 3. The maximum absolute atomic E-state index is 12.4. The van der Waals surface area contributed by atoms with E-state index in [0.717, 1.165) is 42.6 Å². The summed E-state index contributed by atoms with van der Waals surface area (Å²) < 4.78 is 12.4. The SMILES string of the molecule is CC(C)Cc1ccc(C(C)C(=O)O)cc1.CC(CN1c2ccccc2Sc2ccccc21)N(C)C.CC[C@@H](c1cccc(O)c1)[C@@H](C)CN(C)C.NC(=O)CS(=O)C(c1ccccc1)c1ccccc1. The summed E-state index contributed by atoms with van der Waals surface area (Å²) in [6, 6.07) is 52.4. The lowest BCUT2D eigenvalue weighted by atomic mass is 9.85. The van der Waals surface area contributed by atoms with Crippen molar-refractivity contribution >= 4 is 45.8 Å². The Kier molecular flexibility index (Phi) is 23.4. The molecule has 1 amide bonds. The van der Waals surface area contributed by atoms with Crippen molar-refractivity contribution in [1.29, 1.82) is 0 Å². The smallest absolute Gasteiger partial charge is 0.310 e. The molecule has 1 aliphatic heterocycles. The Morgan fingerprint density at radius 1 is 0.671 bits per heavy atom. The molecule has 0 spiro atoms. The highest BCUT2D eigenvalue weighted by Crippen LogP contribution is 2.48. The van der Waals surface area contributed by atoms with Gasteiger partial charge in [-0.1, -0.05) is 161 Å². The standard InChI is InChI=1S/C17H20N2S.C15H15NO2S.C14H23NO.C13H18O2/c1-13(18(2)3)12-19-14-8-4-6-10-16(14)20-17-11-7-5-9-15(17)19;16-14(17)11-19(18)15(12-7-3-1-4-8-12)13-9-5-2-6-10-13;1-5-14(11(2)10-15(3)4)12-7-6-8-13(16)9-12;1-9(2)8-11-4-6-12(7-5-11)10(3)13(14)15/h4-11,13H,12H2,1-3H3;1-10,15H,11H2,(H2,16,17);6-9,11,14,16H,5,10H2,1-4H3;4-7,9-10H,8H2,1-3H3,(H,14,15)/t;;11-,14+;/m..0./s1. The molecule has 0 saturated heterocycles. The van der Waals surface area contributed by atoms with Gasteiger partial charge in [0.1, 0.15) is 11.5 Å². The number of para-hydroxylation sites is 2. The topological polar surface area (TPSA) is 127 Å². The van der Waals surface area contributed by atoms with Gasteiger partial charge in [0.2, 0.25) is 5.91 Å². The molecule has 6 aromatic carbocycles.